The Kier molecular flexibility index (Phi) is 8.51. The zero-order valence-electron chi connectivity index (χ0n) is 18.2. The third-order valence-electron chi connectivity index (χ3n) is 6.06. The highest BCUT2D eigenvalue weighted by molar-refractivity contribution is 7.10. The molecule has 0 bridgehead atoms. The summed E-state index contributed by atoms with van der Waals surface area (Å²) in [5, 5.41) is 5.21. The number of hydrogen-bond acceptors (Lipinski definition) is 3. The maximum atomic E-state index is 13.4. The molecule has 11 heteroatoms. The highest BCUT2D eigenvalue weighted by Crippen LogP contribution is 2.40. The fourth-order valence-corrected chi connectivity index (χ4v) is 5.19. The Bertz CT molecular complexity index is 942. The second-order valence-corrected chi connectivity index (χ2v) is 9.09. The van der Waals surface area contributed by atoms with Gasteiger partial charge < -0.3 is 10.2 Å². The maximum absolute atomic E-state index is 13.4. The summed E-state index contributed by atoms with van der Waals surface area (Å²) in [7, 11) is 1.43. The van der Waals surface area contributed by atoms with Crippen molar-refractivity contribution in [3.63, 3.8) is 0 Å². The van der Waals surface area contributed by atoms with Crippen molar-refractivity contribution in [3.8, 4) is 0 Å². The molecule has 1 aliphatic heterocycles. The molecule has 3 atom stereocenters. The van der Waals surface area contributed by atoms with Crippen LogP contribution < -0.4 is 5.32 Å². The third kappa shape index (κ3) is 6.02. The lowest BCUT2D eigenvalue weighted by atomic mass is 9.83. The first kappa shape index (κ1) is 27.5. The summed E-state index contributed by atoms with van der Waals surface area (Å²) in [5.41, 5.74) is -1.92. The summed E-state index contributed by atoms with van der Waals surface area (Å²) in [6.45, 7) is 4.60. The van der Waals surface area contributed by atoms with E-state index in [0.29, 0.717) is 31.6 Å². The van der Waals surface area contributed by atoms with Crippen molar-refractivity contribution < 1.29 is 31.1 Å². The van der Waals surface area contributed by atoms with E-state index >= 15 is 0 Å². The number of carbonyl (C=O) groups is 1. The number of halogens is 7. The number of alkyl halides is 6. The van der Waals surface area contributed by atoms with Gasteiger partial charge >= 0.3 is 12.4 Å². The molecule has 2 aromatic rings. The van der Waals surface area contributed by atoms with Crippen LogP contribution in [0.4, 0.5) is 26.3 Å². The van der Waals surface area contributed by atoms with Gasteiger partial charge in [-0.15, -0.1) is 23.7 Å². The first-order valence-corrected chi connectivity index (χ1v) is 11.0. The second kappa shape index (κ2) is 10.2. The van der Waals surface area contributed by atoms with Gasteiger partial charge in [0.1, 0.15) is 0 Å². The molecule has 0 radical (unpaired) electrons. The minimum atomic E-state index is -4.94. The number of nitrogens with one attached hydrogen (secondary N) is 1. The summed E-state index contributed by atoms with van der Waals surface area (Å²) in [6.07, 6.45) is -9.33. The van der Waals surface area contributed by atoms with E-state index in [4.69, 9.17) is 0 Å². The molecule has 0 spiro atoms. The van der Waals surface area contributed by atoms with Crippen LogP contribution in [0.25, 0.3) is 0 Å². The van der Waals surface area contributed by atoms with E-state index in [1.54, 1.807) is 11.3 Å². The first-order valence-electron chi connectivity index (χ1n) is 10.1. The highest BCUT2D eigenvalue weighted by Gasteiger charge is 2.39. The molecule has 0 unspecified atom stereocenters. The highest BCUT2D eigenvalue weighted by atomic mass is 35.5. The van der Waals surface area contributed by atoms with Gasteiger partial charge in [-0.05, 0) is 67.6 Å². The van der Waals surface area contributed by atoms with Gasteiger partial charge in [0.25, 0.3) is 0 Å². The molecule has 3 nitrogen and oxygen atoms in total. The Morgan fingerprint density at radius 2 is 1.70 bits per heavy atom. The molecule has 1 N–H and O–H groups in total. The van der Waals surface area contributed by atoms with Crippen LogP contribution in [-0.2, 0) is 17.1 Å². The Morgan fingerprint density at radius 1 is 1.12 bits per heavy atom. The largest absolute Gasteiger partial charge is 0.416 e. The van der Waals surface area contributed by atoms with E-state index in [0.717, 1.165) is 10.4 Å². The quantitative estimate of drug-likeness (QED) is 0.477. The molecule has 1 saturated heterocycles. The SMILES string of the molecule is Cc1ccsc1[C@H]1CNCC[C@@H]1C(=O)N(C)[C@@H](C)c1cc(C(F)(F)F)cc(C(F)(F)F)c1.Cl. The number of amides is 1. The van der Waals surface area contributed by atoms with Crippen molar-refractivity contribution >= 4 is 29.7 Å². The van der Waals surface area contributed by atoms with E-state index in [1.807, 2.05) is 18.4 Å². The molecule has 2 heterocycles. The first-order chi connectivity index (χ1) is 14.8. The number of rotatable bonds is 4. The van der Waals surface area contributed by atoms with Crippen molar-refractivity contribution in [2.24, 2.45) is 5.92 Å². The predicted molar refractivity (Wildman–Crippen MR) is 118 cm³/mol. The Morgan fingerprint density at radius 3 is 2.18 bits per heavy atom. The number of nitrogens with zero attached hydrogens (tertiary/aromatic N) is 1. The molecule has 1 fully saturated rings. The lowest BCUT2D eigenvalue weighted by Crippen LogP contribution is -2.44. The molecule has 3 rings (SSSR count). The van der Waals surface area contributed by atoms with Crippen molar-refractivity contribution in [1.82, 2.24) is 10.2 Å². The summed E-state index contributed by atoms with van der Waals surface area (Å²) >= 11 is 1.54. The fourth-order valence-electron chi connectivity index (χ4n) is 4.09. The normalized spacial score (nSPS) is 20.2. The number of thiophene rings is 1. The number of benzene rings is 1. The standard InChI is InChI=1S/C22H24F6N2OS.ClH/c1-12-5-7-32-19(12)18-11-29-6-4-17(18)20(31)30(3)13(2)14-8-15(21(23,24)25)10-16(9-14)22(26,27)28;/h5,7-10,13,17-18,29H,4,6,11H2,1-3H3;1H/t13-,17-,18-;/m0./s1. The van der Waals surface area contributed by atoms with Gasteiger partial charge in [-0.2, -0.15) is 26.3 Å². The van der Waals surface area contributed by atoms with E-state index < -0.39 is 35.4 Å². The van der Waals surface area contributed by atoms with Crippen LogP contribution in [0.15, 0.2) is 29.6 Å². The van der Waals surface area contributed by atoms with Crippen LogP contribution >= 0.6 is 23.7 Å². The van der Waals surface area contributed by atoms with Crippen LogP contribution in [0, 0.1) is 12.8 Å². The molecule has 1 aliphatic rings. The lowest BCUT2D eigenvalue weighted by Gasteiger charge is -2.36. The average Bonchev–Trinajstić information content (AvgIpc) is 3.16. The predicted octanol–water partition coefficient (Wildman–Crippen LogP) is 6.43. The lowest BCUT2D eigenvalue weighted by molar-refractivity contribution is -0.143. The summed E-state index contributed by atoms with van der Waals surface area (Å²) < 4.78 is 79.5. The van der Waals surface area contributed by atoms with Gasteiger partial charge in [-0.3, -0.25) is 4.79 Å². The number of aryl methyl sites for hydroxylation is 1. The van der Waals surface area contributed by atoms with Crippen molar-refractivity contribution in [2.75, 3.05) is 20.1 Å². The smallest absolute Gasteiger partial charge is 0.339 e. The Balaban J connectivity index is 0.00000385. The van der Waals surface area contributed by atoms with Crippen LogP contribution in [0.2, 0.25) is 0 Å². The Hall–Kier alpha value is -1.78. The van der Waals surface area contributed by atoms with Gasteiger partial charge in [0.2, 0.25) is 5.91 Å². The van der Waals surface area contributed by atoms with Gasteiger partial charge in [-0.1, -0.05) is 0 Å². The number of piperidine rings is 1. The van der Waals surface area contributed by atoms with Crippen molar-refractivity contribution in [3.05, 3.63) is 56.8 Å². The van der Waals surface area contributed by atoms with Gasteiger partial charge in [0.15, 0.2) is 0 Å². The van der Waals surface area contributed by atoms with Crippen molar-refractivity contribution in [2.45, 2.75) is 44.6 Å². The van der Waals surface area contributed by atoms with Crippen LogP contribution in [0.3, 0.4) is 0 Å². The van der Waals surface area contributed by atoms with E-state index in [2.05, 4.69) is 5.32 Å². The molecule has 0 aliphatic carbocycles. The summed E-state index contributed by atoms with van der Waals surface area (Å²) in [5.74, 6) is -0.796. The third-order valence-corrected chi connectivity index (χ3v) is 7.21. The topological polar surface area (TPSA) is 32.3 Å². The molecule has 33 heavy (non-hydrogen) atoms. The average molecular weight is 515 g/mol. The monoisotopic (exact) mass is 514 g/mol. The zero-order chi connectivity index (χ0) is 23.8. The number of carbonyl (C=O) groups excluding carboxylic acids is 1. The molecule has 184 valence electrons. The van der Waals surface area contributed by atoms with E-state index in [9.17, 15) is 31.1 Å². The van der Waals surface area contributed by atoms with Gasteiger partial charge in [0.05, 0.1) is 17.2 Å². The van der Waals surface area contributed by atoms with Gasteiger partial charge in [-0.25, -0.2) is 0 Å². The van der Waals surface area contributed by atoms with Crippen LogP contribution in [-0.4, -0.2) is 30.9 Å². The molecule has 1 amide bonds. The molecule has 1 aromatic carbocycles. The second-order valence-electron chi connectivity index (χ2n) is 8.14. The molecular formula is C22H25ClF6N2OS. The minimum absolute atomic E-state index is 0. The van der Waals surface area contributed by atoms with E-state index in [1.165, 1.54) is 18.9 Å². The fraction of sp³-hybridized carbons (Fsp3) is 0.500. The maximum Gasteiger partial charge on any atom is 0.416 e. The van der Waals surface area contributed by atoms with Crippen LogP contribution in [0.1, 0.15) is 52.4 Å². The van der Waals surface area contributed by atoms with E-state index in [-0.39, 0.29) is 35.9 Å². The molecular weight excluding hydrogens is 490 g/mol. The van der Waals surface area contributed by atoms with Crippen LogP contribution in [0.5, 0.6) is 0 Å². The minimum Gasteiger partial charge on any atom is -0.339 e. The molecule has 1 aromatic heterocycles. The summed E-state index contributed by atoms with van der Waals surface area (Å²) in [6, 6.07) is 2.47. The zero-order valence-corrected chi connectivity index (χ0v) is 19.8. The van der Waals surface area contributed by atoms with Crippen molar-refractivity contribution in [1.29, 1.82) is 0 Å². The number of hydrogen-bond donors (Lipinski definition) is 1. The Labute approximate surface area is 198 Å². The van der Waals surface area contributed by atoms with Gasteiger partial charge in [0, 0.05) is 30.3 Å². The molecule has 0 saturated carbocycles. The summed E-state index contributed by atoms with van der Waals surface area (Å²) in [4.78, 5) is 15.7.